The molecule has 0 aliphatic heterocycles. The van der Waals surface area contributed by atoms with Crippen molar-refractivity contribution >= 4 is 5.91 Å². The third-order valence-corrected chi connectivity index (χ3v) is 2.99. The van der Waals surface area contributed by atoms with Crippen LogP contribution in [-0.2, 0) is 11.3 Å². The molecular formula is C13H16N3O4+. The highest BCUT2D eigenvalue weighted by Crippen LogP contribution is 2.11. The smallest absolute Gasteiger partial charge is 0.432 e. The molecule has 2 rings (SSSR count). The Bertz CT molecular complexity index is 657. The van der Waals surface area contributed by atoms with E-state index in [0.717, 1.165) is 0 Å². The van der Waals surface area contributed by atoms with E-state index in [1.165, 1.54) is 16.5 Å². The second-order valence-electron chi connectivity index (χ2n) is 4.34. The van der Waals surface area contributed by atoms with Crippen LogP contribution in [0.25, 0.3) is 5.69 Å². The summed E-state index contributed by atoms with van der Waals surface area (Å²) in [7, 11) is 3.20. The molecule has 0 bridgehead atoms. The van der Waals surface area contributed by atoms with Gasteiger partial charge in [0.1, 0.15) is 12.3 Å². The quantitative estimate of drug-likeness (QED) is 0.812. The molecule has 7 heteroatoms. The van der Waals surface area contributed by atoms with Crippen molar-refractivity contribution in [3.05, 3.63) is 40.4 Å². The summed E-state index contributed by atoms with van der Waals surface area (Å²) in [4.78, 5) is 24.4. The molecule has 0 saturated heterocycles. The molecule has 0 fully saturated rings. The van der Waals surface area contributed by atoms with Gasteiger partial charge in [0, 0.05) is 26.1 Å². The van der Waals surface area contributed by atoms with Gasteiger partial charge in [0.25, 0.3) is 0 Å². The van der Waals surface area contributed by atoms with Crippen molar-refractivity contribution in [2.75, 3.05) is 14.2 Å². The molecule has 0 aliphatic rings. The molecule has 0 unspecified atom stereocenters. The lowest BCUT2D eigenvalue weighted by molar-refractivity contribution is -0.678. The summed E-state index contributed by atoms with van der Waals surface area (Å²) in [5, 5.41) is 2.52. The summed E-state index contributed by atoms with van der Waals surface area (Å²) >= 11 is 0. The van der Waals surface area contributed by atoms with Gasteiger partial charge >= 0.3 is 11.3 Å². The van der Waals surface area contributed by atoms with Crippen LogP contribution < -0.4 is 15.0 Å². The van der Waals surface area contributed by atoms with E-state index < -0.39 is 5.63 Å². The Kier molecular flexibility index (Phi) is 3.88. The number of amides is 1. The molecule has 0 atom stereocenters. The van der Waals surface area contributed by atoms with Crippen molar-refractivity contribution in [3.63, 3.8) is 0 Å². The van der Waals surface area contributed by atoms with Gasteiger partial charge in [0.05, 0.1) is 7.11 Å². The van der Waals surface area contributed by atoms with Gasteiger partial charge in [0.2, 0.25) is 11.6 Å². The summed E-state index contributed by atoms with van der Waals surface area (Å²) in [6, 6.07) is 7.10. The Hall–Kier alpha value is -2.57. The second-order valence-corrected chi connectivity index (χ2v) is 4.34. The Morgan fingerprint density at radius 2 is 2.05 bits per heavy atom. The maximum atomic E-state index is 11.7. The van der Waals surface area contributed by atoms with Crippen molar-refractivity contribution in [2.45, 2.75) is 13.5 Å². The number of nitrogens with one attached hydrogen (secondary N) is 1. The zero-order valence-electron chi connectivity index (χ0n) is 11.5. The number of hydrogen-bond acceptors (Lipinski definition) is 4. The number of hydrogen-bond donors (Lipinski definition) is 1. The zero-order valence-corrected chi connectivity index (χ0v) is 11.5. The maximum absolute atomic E-state index is 11.7. The number of nitrogens with zero attached hydrogens (tertiary/aromatic N) is 2. The number of ether oxygens (including phenoxy) is 1. The number of carbonyl (C=O) groups is 1. The Morgan fingerprint density at radius 1 is 1.40 bits per heavy atom. The summed E-state index contributed by atoms with van der Waals surface area (Å²) in [5.41, 5.74) is 0.547. The minimum Gasteiger partial charge on any atom is -0.497 e. The van der Waals surface area contributed by atoms with Crippen LogP contribution in [-0.4, -0.2) is 30.2 Å². The fourth-order valence-corrected chi connectivity index (χ4v) is 1.70. The van der Waals surface area contributed by atoms with Gasteiger partial charge in [-0.3, -0.25) is 9.32 Å². The lowest BCUT2D eigenvalue weighted by Gasteiger charge is -2.10. The van der Waals surface area contributed by atoms with Crippen LogP contribution in [0.5, 0.6) is 5.75 Å². The number of aromatic amines is 1. The van der Waals surface area contributed by atoms with Gasteiger partial charge in [-0.2, -0.15) is 0 Å². The molecule has 7 nitrogen and oxygen atoms in total. The summed E-state index contributed by atoms with van der Waals surface area (Å²) in [6.07, 6.45) is 0. The van der Waals surface area contributed by atoms with Crippen molar-refractivity contribution in [1.29, 1.82) is 0 Å². The predicted molar refractivity (Wildman–Crippen MR) is 69.6 cm³/mol. The first-order valence-corrected chi connectivity index (χ1v) is 6.01. The molecule has 2 aromatic rings. The molecule has 1 heterocycles. The van der Waals surface area contributed by atoms with Crippen LogP contribution in [0.4, 0.5) is 0 Å². The van der Waals surface area contributed by atoms with Gasteiger partial charge in [-0.15, -0.1) is 0 Å². The molecule has 106 valence electrons. The minimum absolute atomic E-state index is 0.133. The molecule has 1 amide bonds. The Morgan fingerprint density at radius 3 is 2.60 bits per heavy atom. The van der Waals surface area contributed by atoms with Crippen molar-refractivity contribution in [3.8, 4) is 11.4 Å². The van der Waals surface area contributed by atoms with E-state index in [-0.39, 0.29) is 12.5 Å². The molecule has 0 spiro atoms. The van der Waals surface area contributed by atoms with E-state index in [1.54, 1.807) is 38.4 Å². The normalized spacial score (nSPS) is 10.3. The van der Waals surface area contributed by atoms with Gasteiger partial charge < -0.3 is 9.64 Å². The number of benzene rings is 1. The van der Waals surface area contributed by atoms with E-state index >= 15 is 0 Å². The molecular weight excluding hydrogens is 262 g/mol. The fraction of sp³-hybridized carbons (Fsp3) is 0.308. The fourth-order valence-electron chi connectivity index (χ4n) is 1.70. The van der Waals surface area contributed by atoms with E-state index in [9.17, 15) is 9.59 Å². The van der Waals surface area contributed by atoms with Crippen LogP contribution in [0.2, 0.25) is 0 Å². The molecule has 0 saturated carbocycles. The van der Waals surface area contributed by atoms with E-state index in [0.29, 0.717) is 17.1 Å². The average molecular weight is 278 g/mol. The number of carbonyl (C=O) groups excluding carboxylic acids is 1. The van der Waals surface area contributed by atoms with Crippen LogP contribution >= 0.6 is 0 Å². The third kappa shape index (κ3) is 2.71. The first kappa shape index (κ1) is 13.9. The topological polar surface area (TPSA) is 79.4 Å². The predicted octanol–water partition coefficient (Wildman–Crippen LogP) is 0.231. The Labute approximate surface area is 115 Å². The number of rotatable bonds is 4. The van der Waals surface area contributed by atoms with E-state index in [1.807, 2.05) is 0 Å². The number of methoxy groups -OCH3 is 1. The van der Waals surface area contributed by atoms with Crippen molar-refractivity contribution in [1.82, 2.24) is 10.2 Å². The largest absolute Gasteiger partial charge is 0.497 e. The van der Waals surface area contributed by atoms with Crippen LogP contribution in [0.1, 0.15) is 12.6 Å². The molecule has 20 heavy (non-hydrogen) atoms. The highest BCUT2D eigenvalue weighted by atomic mass is 16.5. The molecule has 1 aromatic carbocycles. The monoisotopic (exact) mass is 278 g/mol. The average Bonchev–Trinajstić information content (AvgIpc) is 2.80. The number of H-pyrrole nitrogens is 1. The maximum Gasteiger partial charge on any atom is 0.432 e. The molecule has 1 aromatic heterocycles. The zero-order chi connectivity index (χ0) is 14.7. The van der Waals surface area contributed by atoms with Crippen molar-refractivity contribution in [2.24, 2.45) is 0 Å². The molecule has 0 aliphatic carbocycles. The summed E-state index contributed by atoms with van der Waals surface area (Å²) in [6.45, 7) is 1.60. The van der Waals surface area contributed by atoms with Gasteiger partial charge in [-0.05, 0) is 22.1 Å². The van der Waals surface area contributed by atoms with Gasteiger partial charge in [-0.25, -0.2) is 4.79 Å². The van der Waals surface area contributed by atoms with Crippen molar-refractivity contribution < 1.29 is 18.7 Å². The molecule has 1 N–H and O–H groups in total. The third-order valence-electron chi connectivity index (χ3n) is 2.99. The summed E-state index contributed by atoms with van der Waals surface area (Å²) in [5.74, 6) is 0.578. The molecule has 0 radical (unpaired) electrons. The van der Waals surface area contributed by atoms with Crippen LogP contribution in [0.15, 0.2) is 33.6 Å². The minimum atomic E-state index is -0.506. The standard InChI is InChI=1S/C13H15N3O4/c1-9(17)15(2)8-12-13(18)20-14-16(12)10-4-6-11(19-3)7-5-10/h4-7H,8H2,1-3H3/p+1. The first-order chi connectivity index (χ1) is 9.52. The SMILES string of the molecule is COc1ccc(-[n+]2[nH]oc(=O)c2CN(C)C(C)=O)cc1. The van der Waals surface area contributed by atoms with Crippen LogP contribution in [0.3, 0.4) is 0 Å². The van der Waals surface area contributed by atoms with E-state index in [4.69, 9.17) is 9.26 Å². The lowest BCUT2D eigenvalue weighted by Crippen LogP contribution is -2.41. The van der Waals surface area contributed by atoms with E-state index in [2.05, 4.69) is 5.27 Å². The van der Waals surface area contributed by atoms with Gasteiger partial charge in [0.15, 0.2) is 0 Å². The lowest BCUT2D eigenvalue weighted by atomic mass is 10.3. The van der Waals surface area contributed by atoms with Gasteiger partial charge in [-0.1, -0.05) is 0 Å². The highest BCUT2D eigenvalue weighted by Gasteiger charge is 2.25. The first-order valence-electron chi connectivity index (χ1n) is 6.01. The summed E-state index contributed by atoms with van der Waals surface area (Å²) < 4.78 is 11.4. The number of aromatic nitrogens is 2. The van der Waals surface area contributed by atoms with Crippen LogP contribution in [0, 0.1) is 0 Å². The second kappa shape index (κ2) is 5.60. The highest BCUT2D eigenvalue weighted by molar-refractivity contribution is 5.72. The Balaban J connectivity index is 2.37.